The second-order valence-electron chi connectivity index (χ2n) is 12.1. The van der Waals surface area contributed by atoms with Crippen molar-refractivity contribution in [3.63, 3.8) is 0 Å². The maximum atomic E-state index is 6.45. The lowest BCUT2D eigenvalue weighted by Gasteiger charge is -2.32. The van der Waals surface area contributed by atoms with Gasteiger partial charge < -0.3 is 18.6 Å². The molecular weight excluding hydrogens is 410 g/mol. The first-order valence-corrected chi connectivity index (χ1v) is 13.1. The molecule has 6 heteroatoms. The average molecular weight is 456 g/mol. The van der Waals surface area contributed by atoms with Gasteiger partial charge in [0.2, 0.25) is 0 Å². The minimum absolute atomic E-state index is 0.351. The third-order valence-electron chi connectivity index (χ3n) is 8.34. The molecular formula is C27H46B2O4. The van der Waals surface area contributed by atoms with E-state index in [0.29, 0.717) is 0 Å². The van der Waals surface area contributed by atoms with Crippen molar-refractivity contribution in [3.8, 4) is 0 Å². The number of benzene rings is 1. The quantitative estimate of drug-likeness (QED) is 0.364. The van der Waals surface area contributed by atoms with E-state index in [-0.39, 0.29) is 36.6 Å². The topological polar surface area (TPSA) is 36.9 Å². The molecule has 2 aliphatic heterocycles. The number of rotatable bonds is 9. The number of hydrogen-bond donors (Lipinski definition) is 0. The van der Waals surface area contributed by atoms with Crippen molar-refractivity contribution < 1.29 is 18.6 Å². The highest BCUT2D eigenvalue weighted by atomic mass is 16.7. The zero-order valence-corrected chi connectivity index (χ0v) is 22.9. The van der Waals surface area contributed by atoms with Gasteiger partial charge in [-0.2, -0.15) is 0 Å². The van der Waals surface area contributed by atoms with Crippen molar-refractivity contribution in [3.05, 3.63) is 23.3 Å². The highest BCUT2D eigenvalue weighted by Crippen LogP contribution is 2.38. The molecule has 1 aromatic carbocycles. The van der Waals surface area contributed by atoms with E-state index in [2.05, 4.69) is 81.4 Å². The molecule has 4 nitrogen and oxygen atoms in total. The monoisotopic (exact) mass is 456 g/mol. The van der Waals surface area contributed by atoms with Crippen LogP contribution in [0.3, 0.4) is 0 Å². The summed E-state index contributed by atoms with van der Waals surface area (Å²) in [5.41, 5.74) is 3.31. The van der Waals surface area contributed by atoms with Crippen molar-refractivity contribution in [1.29, 1.82) is 0 Å². The summed E-state index contributed by atoms with van der Waals surface area (Å²) in [5, 5.41) is 0. The average Bonchev–Trinajstić information content (AvgIpc) is 3.04. The largest absolute Gasteiger partial charge is 0.495 e. The van der Waals surface area contributed by atoms with E-state index in [1.54, 1.807) is 0 Å². The van der Waals surface area contributed by atoms with Gasteiger partial charge in [0.15, 0.2) is 0 Å². The molecule has 33 heavy (non-hydrogen) atoms. The molecule has 0 N–H and O–H groups in total. The molecule has 184 valence electrons. The molecule has 0 radical (unpaired) electrons. The molecule has 0 unspecified atom stereocenters. The first-order chi connectivity index (χ1) is 15.2. The summed E-state index contributed by atoms with van der Waals surface area (Å²) in [6, 6.07) is 4.54. The fourth-order valence-corrected chi connectivity index (χ4v) is 4.52. The summed E-state index contributed by atoms with van der Waals surface area (Å²) in [7, 11) is -0.707. The van der Waals surface area contributed by atoms with E-state index >= 15 is 0 Å². The van der Waals surface area contributed by atoms with Crippen LogP contribution in [-0.2, 0) is 25.0 Å². The maximum Gasteiger partial charge on any atom is 0.495 e. The van der Waals surface area contributed by atoms with Crippen LogP contribution in [0.15, 0.2) is 12.1 Å². The Labute approximate surface area is 203 Å². The molecule has 2 fully saturated rings. The molecule has 2 aliphatic rings. The lowest BCUT2D eigenvalue weighted by molar-refractivity contribution is 0.00578. The molecule has 2 heterocycles. The highest BCUT2D eigenvalue weighted by Gasteiger charge is 2.54. The first kappa shape index (κ1) is 26.8. The molecule has 0 aromatic heterocycles. The van der Waals surface area contributed by atoms with Crippen LogP contribution in [0.4, 0.5) is 0 Å². The lowest BCUT2D eigenvalue weighted by atomic mass is 9.68. The van der Waals surface area contributed by atoms with Crippen LogP contribution < -0.4 is 10.9 Å². The van der Waals surface area contributed by atoms with Gasteiger partial charge in [-0.25, -0.2) is 0 Å². The molecule has 0 aliphatic carbocycles. The van der Waals surface area contributed by atoms with Gasteiger partial charge in [-0.05, 0) is 91.6 Å². The van der Waals surface area contributed by atoms with Gasteiger partial charge in [-0.1, -0.05) is 56.7 Å². The Morgan fingerprint density at radius 3 is 1.52 bits per heavy atom. The van der Waals surface area contributed by atoms with E-state index < -0.39 is 0 Å². The molecule has 0 atom stereocenters. The first-order valence-electron chi connectivity index (χ1n) is 13.1. The molecule has 3 rings (SSSR count). The van der Waals surface area contributed by atoms with Gasteiger partial charge in [0, 0.05) is 0 Å². The molecule has 1 aromatic rings. The number of aryl methyl sites for hydroxylation is 2. The molecule has 0 bridgehead atoms. The summed E-state index contributed by atoms with van der Waals surface area (Å²) in [5.74, 6) is 0. The normalized spacial score (nSPS) is 22.8. The summed E-state index contributed by atoms with van der Waals surface area (Å²) < 4.78 is 25.7. The van der Waals surface area contributed by atoms with Crippen molar-refractivity contribution in [2.24, 2.45) is 0 Å². The summed E-state index contributed by atoms with van der Waals surface area (Å²) in [6.07, 6.45) is 8.67. The van der Waals surface area contributed by atoms with Gasteiger partial charge in [-0.15, -0.1) is 0 Å². The molecule has 0 spiro atoms. The predicted octanol–water partition coefficient (Wildman–Crippen LogP) is 5.50. The van der Waals surface area contributed by atoms with E-state index in [1.807, 2.05) is 0 Å². The van der Waals surface area contributed by atoms with E-state index in [9.17, 15) is 0 Å². The van der Waals surface area contributed by atoms with Crippen LogP contribution in [0, 0.1) is 6.92 Å². The smallest absolute Gasteiger partial charge is 0.399 e. The standard InChI is InChI=1S/C27H46B2O4/c1-11-12-13-14-15-16-17-21-19-22(28-30-24(3,4)25(5,6)31-28)20(2)18-23(21)29-32-26(7,8)27(9,10)33-29/h18-19H,11-17H2,1-10H3. The van der Waals surface area contributed by atoms with Crippen LogP contribution in [0.5, 0.6) is 0 Å². The highest BCUT2D eigenvalue weighted by molar-refractivity contribution is 6.65. The van der Waals surface area contributed by atoms with Crippen molar-refractivity contribution >= 4 is 25.2 Å². The second-order valence-corrected chi connectivity index (χ2v) is 12.1. The van der Waals surface area contributed by atoms with Crippen LogP contribution in [-0.4, -0.2) is 36.6 Å². The molecule has 0 amide bonds. The Hall–Kier alpha value is -0.810. The maximum absolute atomic E-state index is 6.45. The Bertz CT molecular complexity index is 800. The van der Waals surface area contributed by atoms with Gasteiger partial charge in [-0.3, -0.25) is 0 Å². The van der Waals surface area contributed by atoms with E-state index in [4.69, 9.17) is 18.6 Å². The van der Waals surface area contributed by atoms with Crippen molar-refractivity contribution in [2.45, 2.75) is 137 Å². The fraction of sp³-hybridized carbons (Fsp3) is 0.778. The van der Waals surface area contributed by atoms with Gasteiger partial charge >= 0.3 is 14.2 Å². The SMILES string of the molecule is CCCCCCCCc1cc(B2OC(C)(C)C(C)(C)O2)c(C)cc1B1OC(C)(C)C(C)(C)O1. The Morgan fingerprint density at radius 1 is 0.606 bits per heavy atom. The number of unbranched alkanes of at least 4 members (excludes halogenated alkanes) is 5. The van der Waals surface area contributed by atoms with Crippen LogP contribution >= 0.6 is 0 Å². The van der Waals surface area contributed by atoms with Crippen molar-refractivity contribution in [2.75, 3.05) is 0 Å². The third kappa shape index (κ3) is 5.55. The molecule has 0 saturated carbocycles. The van der Waals surface area contributed by atoms with Crippen LogP contribution in [0.1, 0.15) is 112 Å². The van der Waals surface area contributed by atoms with Gasteiger partial charge in [0.1, 0.15) is 0 Å². The van der Waals surface area contributed by atoms with E-state index in [1.165, 1.54) is 44.1 Å². The van der Waals surface area contributed by atoms with Crippen LogP contribution in [0.25, 0.3) is 0 Å². The van der Waals surface area contributed by atoms with Gasteiger partial charge in [0.25, 0.3) is 0 Å². The minimum atomic E-state index is -0.356. The summed E-state index contributed by atoms with van der Waals surface area (Å²) >= 11 is 0. The number of hydrogen-bond acceptors (Lipinski definition) is 4. The lowest BCUT2D eigenvalue weighted by Crippen LogP contribution is -2.42. The zero-order valence-electron chi connectivity index (χ0n) is 22.9. The Balaban J connectivity index is 1.88. The predicted molar refractivity (Wildman–Crippen MR) is 140 cm³/mol. The Morgan fingerprint density at radius 2 is 1.03 bits per heavy atom. The van der Waals surface area contributed by atoms with Crippen molar-refractivity contribution in [1.82, 2.24) is 0 Å². The fourth-order valence-electron chi connectivity index (χ4n) is 4.52. The summed E-state index contributed by atoms with van der Waals surface area (Å²) in [4.78, 5) is 0. The molecule has 2 saturated heterocycles. The van der Waals surface area contributed by atoms with Crippen LogP contribution in [0.2, 0.25) is 0 Å². The van der Waals surface area contributed by atoms with E-state index in [0.717, 1.165) is 22.9 Å². The van der Waals surface area contributed by atoms with Gasteiger partial charge in [0.05, 0.1) is 22.4 Å². The third-order valence-corrected chi connectivity index (χ3v) is 8.34. The zero-order chi connectivity index (χ0) is 24.7. The Kier molecular flexibility index (Phi) is 7.86. The summed E-state index contributed by atoms with van der Waals surface area (Å²) in [6.45, 7) is 21.3. The minimum Gasteiger partial charge on any atom is -0.399 e. The second kappa shape index (κ2) is 9.68.